The monoisotopic (exact) mass is 468 g/mol. The summed E-state index contributed by atoms with van der Waals surface area (Å²) in [7, 11) is 0. The van der Waals surface area contributed by atoms with Gasteiger partial charge < -0.3 is 5.32 Å². The second-order valence-electron chi connectivity index (χ2n) is 7.23. The summed E-state index contributed by atoms with van der Waals surface area (Å²) in [5.41, 5.74) is 0.979. The van der Waals surface area contributed by atoms with Crippen LogP contribution in [0.1, 0.15) is 12.5 Å². The molecule has 1 aromatic heterocycles. The molecule has 1 heterocycles. The molecule has 1 N–H and O–H groups in total. The van der Waals surface area contributed by atoms with Crippen LogP contribution in [0.4, 0.5) is 18.9 Å². The number of carbonyl (C=O) groups excluding carboxylic acids is 1. The first-order valence-electron chi connectivity index (χ1n) is 10.1. The van der Waals surface area contributed by atoms with Gasteiger partial charge in [-0.15, -0.1) is 10.2 Å². The van der Waals surface area contributed by atoms with E-state index in [1.165, 1.54) is 6.07 Å². The number of hydrogen-bond donors (Lipinski definition) is 1. The van der Waals surface area contributed by atoms with Crippen LogP contribution in [0.2, 0.25) is 0 Å². The second kappa shape index (κ2) is 9.91. The van der Waals surface area contributed by atoms with E-state index in [0.717, 1.165) is 35.5 Å². The average Bonchev–Trinajstić information content (AvgIpc) is 3.19. The highest BCUT2D eigenvalue weighted by Gasteiger charge is 2.23. The zero-order chi connectivity index (χ0) is 23.4. The average molecular weight is 469 g/mol. The first-order valence-corrected chi connectivity index (χ1v) is 10.9. The largest absolute Gasteiger partial charge is 0.323 e. The normalized spacial score (nSPS) is 11.9. The van der Waals surface area contributed by atoms with Crippen molar-refractivity contribution < 1.29 is 18.0 Å². The van der Waals surface area contributed by atoms with Crippen molar-refractivity contribution in [3.8, 4) is 11.4 Å². The summed E-state index contributed by atoms with van der Waals surface area (Å²) in [6, 6.07) is 18.6. The molecule has 0 bridgehead atoms. The number of halogens is 3. The predicted octanol–water partition coefficient (Wildman–Crippen LogP) is 5.53. The fraction of sp³-hybridized carbons (Fsp3) is 0.125. The van der Waals surface area contributed by atoms with Crippen LogP contribution in [0.3, 0.4) is 0 Å². The van der Waals surface area contributed by atoms with Crippen molar-refractivity contribution in [1.82, 2.24) is 14.8 Å². The summed E-state index contributed by atoms with van der Waals surface area (Å²) >= 11 is 1.09. The minimum Gasteiger partial charge on any atom is -0.323 e. The molecule has 1 amide bonds. The van der Waals surface area contributed by atoms with Crippen LogP contribution in [0, 0.1) is 17.5 Å². The molecular formula is C24H19F3N4OS. The van der Waals surface area contributed by atoms with Crippen LogP contribution in [0.5, 0.6) is 0 Å². The number of amides is 1. The highest BCUT2D eigenvalue weighted by molar-refractivity contribution is 8.00. The molecule has 4 aromatic rings. The summed E-state index contributed by atoms with van der Waals surface area (Å²) in [6.07, 6.45) is 0. The predicted molar refractivity (Wildman–Crippen MR) is 121 cm³/mol. The molecule has 168 valence electrons. The van der Waals surface area contributed by atoms with Crippen LogP contribution in [-0.2, 0) is 11.3 Å². The van der Waals surface area contributed by atoms with Crippen molar-refractivity contribution in [2.45, 2.75) is 23.9 Å². The highest BCUT2D eigenvalue weighted by atomic mass is 32.2. The van der Waals surface area contributed by atoms with E-state index in [4.69, 9.17) is 0 Å². The lowest BCUT2D eigenvalue weighted by atomic mass is 10.2. The molecule has 9 heteroatoms. The van der Waals surface area contributed by atoms with Gasteiger partial charge >= 0.3 is 0 Å². The Hall–Kier alpha value is -3.59. The molecule has 33 heavy (non-hydrogen) atoms. The number of hydrogen-bond acceptors (Lipinski definition) is 4. The van der Waals surface area contributed by atoms with Crippen LogP contribution in [-0.4, -0.2) is 25.9 Å². The number of carbonyl (C=O) groups is 1. The van der Waals surface area contributed by atoms with Crippen LogP contribution in [0.25, 0.3) is 11.4 Å². The molecule has 5 nitrogen and oxygen atoms in total. The Balaban J connectivity index is 1.62. The lowest BCUT2D eigenvalue weighted by Gasteiger charge is -2.14. The SMILES string of the molecule is CC(Sc1nnc(-c2ccccc2F)n1Cc1ccccc1)C(=O)Nc1cc(F)ccc1F. The van der Waals surface area contributed by atoms with E-state index in [1.807, 2.05) is 30.3 Å². The molecule has 3 aromatic carbocycles. The van der Waals surface area contributed by atoms with Crippen LogP contribution >= 0.6 is 11.8 Å². The minimum atomic E-state index is -0.740. The Morgan fingerprint density at radius 3 is 2.45 bits per heavy atom. The summed E-state index contributed by atoms with van der Waals surface area (Å²) in [6.45, 7) is 1.97. The Morgan fingerprint density at radius 2 is 1.70 bits per heavy atom. The molecule has 0 aliphatic carbocycles. The Morgan fingerprint density at radius 1 is 0.970 bits per heavy atom. The number of thioether (sulfide) groups is 1. The minimum absolute atomic E-state index is 0.245. The van der Waals surface area contributed by atoms with Gasteiger partial charge in [-0.1, -0.05) is 54.2 Å². The maximum Gasteiger partial charge on any atom is 0.237 e. The zero-order valence-electron chi connectivity index (χ0n) is 17.5. The third-order valence-corrected chi connectivity index (χ3v) is 5.93. The van der Waals surface area contributed by atoms with Gasteiger partial charge in [0.25, 0.3) is 0 Å². The van der Waals surface area contributed by atoms with E-state index in [2.05, 4.69) is 15.5 Å². The maximum absolute atomic E-state index is 14.5. The quantitative estimate of drug-likeness (QED) is 0.363. The van der Waals surface area contributed by atoms with Gasteiger partial charge in [0, 0.05) is 6.07 Å². The molecule has 0 aliphatic heterocycles. The van der Waals surface area contributed by atoms with Crippen molar-refractivity contribution in [3.05, 3.63) is 95.8 Å². The number of rotatable bonds is 7. The van der Waals surface area contributed by atoms with Crippen molar-refractivity contribution >= 4 is 23.4 Å². The summed E-state index contributed by atoms with van der Waals surface area (Å²) < 4.78 is 43.5. The van der Waals surface area contributed by atoms with Gasteiger partial charge in [0.15, 0.2) is 11.0 Å². The van der Waals surface area contributed by atoms with Crippen LogP contribution < -0.4 is 5.32 Å². The number of nitrogens with zero attached hydrogens (tertiary/aromatic N) is 3. The molecule has 0 fully saturated rings. The van der Waals surface area contributed by atoms with Crippen molar-refractivity contribution in [2.75, 3.05) is 5.32 Å². The lowest BCUT2D eigenvalue weighted by Crippen LogP contribution is -2.23. The smallest absolute Gasteiger partial charge is 0.237 e. The molecule has 0 spiro atoms. The highest BCUT2D eigenvalue weighted by Crippen LogP contribution is 2.29. The summed E-state index contributed by atoms with van der Waals surface area (Å²) in [4.78, 5) is 12.6. The molecule has 0 saturated carbocycles. The summed E-state index contributed by atoms with van der Waals surface area (Å²) in [5.74, 6) is -2.06. The number of aromatic nitrogens is 3. The van der Waals surface area contributed by atoms with Gasteiger partial charge in [-0.05, 0) is 36.8 Å². The molecule has 0 aliphatic rings. The third kappa shape index (κ3) is 5.25. The molecule has 0 radical (unpaired) electrons. The van der Waals surface area contributed by atoms with Gasteiger partial charge in [0.2, 0.25) is 5.91 Å². The second-order valence-corrected chi connectivity index (χ2v) is 8.54. The van der Waals surface area contributed by atoms with Gasteiger partial charge in [-0.25, -0.2) is 13.2 Å². The number of anilines is 1. The van der Waals surface area contributed by atoms with E-state index >= 15 is 0 Å². The topological polar surface area (TPSA) is 59.8 Å². The fourth-order valence-electron chi connectivity index (χ4n) is 3.17. The molecule has 4 rings (SSSR count). The molecule has 0 saturated heterocycles. The van der Waals surface area contributed by atoms with Gasteiger partial charge in [0.1, 0.15) is 17.5 Å². The van der Waals surface area contributed by atoms with Crippen molar-refractivity contribution in [2.24, 2.45) is 0 Å². The molecular weight excluding hydrogens is 449 g/mol. The van der Waals surface area contributed by atoms with E-state index in [0.29, 0.717) is 17.5 Å². The van der Waals surface area contributed by atoms with Gasteiger partial charge in [-0.3, -0.25) is 9.36 Å². The van der Waals surface area contributed by atoms with E-state index in [9.17, 15) is 18.0 Å². The third-order valence-electron chi connectivity index (χ3n) is 4.85. The van der Waals surface area contributed by atoms with E-state index in [1.54, 1.807) is 29.7 Å². The molecule has 1 atom stereocenters. The summed E-state index contributed by atoms with van der Waals surface area (Å²) in [5, 5.41) is 10.4. The van der Waals surface area contributed by atoms with E-state index < -0.39 is 28.6 Å². The van der Waals surface area contributed by atoms with Gasteiger partial charge in [0.05, 0.1) is 23.0 Å². The Bertz CT molecular complexity index is 1280. The standard InChI is InChI=1S/C24H19F3N4OS/c1-15(23(32)28-21-13-17(25)11-12-20(21)27)33-24-30-29-22(18-9-5-6-10-19(18)26)31(24)14-16-7-3-2-4-8-16/h2-13,15H,14H2,1H3,(H,28,32). The molecule has 1 unspecified atom stereocenters. The van der Waals surface area contributed by atoms with Crippen molar-refractivity contribution in [1.29, 1.82) is 0 Å². The Kier molecular flexibility index (Phi) is 6.79. The van der Waals surface area contributed by atoms with Crippen LogP contribution in [0.15, 0.2) is 78.0 Å². The lowest BCUT2D eigenvalue weighted by molar-refractivity contribution is -0.115. The fourth-order valence-corrected chi connectivity index (χ4v) is 4.01. The first kappa shape index (κ1) is 22.6. The van der Waals surface area contributed by atoms with Gasteiger partial charge in [-0.2, -0.15) is 0 Å². The maximum atomic E-state index is 14.5. The number of benzene rings is 3. The van der Waals surface area contributed by atoms with E-state index in [-0.39, 0.29) is 11.3 Å². The zero-order valence-corrected chi connectivity index (χ0v) is 18.3. The number of nitrogens with one attached hydrogen (secondary N) is 1. The first-order chi connectivity index (χ1) is 15.9. The van der Waals surface area contributed by atoms with Crippen molar-refractivity contribution in [3.63, 3.8) is 0 Å². The Labute approximate surface area is 192 Å².